The second kappa shape index (κ2) is 7.24. The van der Waals surface area contributed by atoms with Crippen molar-refractivity contribution in [1.82, 2.24) is 4.98 Å². The van der Waals surface area contributed by atoms with Crippen molar-refractivity contribution in [2.45, 2.75) is 12.2 Å². The van der Waals surface area contributed by atoms with Crippen LogP contribution in [0.2, 0.25) is 0 Å². The summed E-state index contributed by atoms with van der Waals surface area (Å²) in [7, 11) is 0. The number of aromatic nitrogens is 1. The number of benzene rings is 1. The quantitative estimate of drug-likeness (QED) is 0.815. The number of rotatable bonds is 7. The van der Waals surface area contributed by atoms with Crippen molar-refractivity contribution >= 4 is 35.0 Å². The van der Waals surface area contributed by atoms with E-state index in [1.807, 2.05) is 24.3 Å². The van der Waals surface area contributed by atoms with E-state index in [9.17, 15) is 9.59 Å². The highest BCUT2D eigenvalue weighted by atomic mass is 32.2. The Morgan fingerprint density at radius 1 is 1.38 bits per heavy atom. The van der Waals surface area contributed by atoms with E-state index in [1.165, 1.54) is 23.1 Å². The molecule has 0 spiro atoms. The molecule has 0 bridgehead atoms. The van der Waals surface area contributed by atoms with Crippen molar-refractivity contribution in [2.75, 3.05) is 5.75 Å². The van der Waals surface area contributed by atoms with Crippen molar-refractivity contribution in [3.63, 3.8) is 0 Å². The molecule has 2 aromatic rings. The van der Waals surface area contributed by atoms with Gasteiger partial charge in [0.1, 0.15) is 5.01 Å². The third kappa shape index (κ3) is 4.87. The molecule has 110 valence electrons. The van der Waals surface area contributed by atoms with Gasteiger partial charge in [0, 0.05) is 16.7 Å². The highest BCUT2D eigenvalue weighted by Gasteiger charge is 2.08. The molecule has 7 heteroatoms. The second-order valence-corrected chi connectivity index (χ2v) is 6.22. The number of carbonyl (C=O) groups excluding carboxylic acids is 1. The maximum atomic E-state index is 10.7. The SMILES string of the molecule is NC(=O)CSCc1cccc(-c2nc(CC(=O)O)cs2)c1. The van der Waals surface area contributed by atoms with Crippen molar-refractivity contribution in [3.05, 3.63) is 40.9 Å². The van der Waals surface area contributed by atoms with Crippen LogP contribution in [0.25, 0.3) is 10.6 Å². The summed E-state index contributed by atoms with van der Waals surface area (Å²) in [5, 5.41) is 11.3. The summed E-state index contributed by atoms with van der Waals surface area (Å²) < 4.78 is 0. The van der Waals surface area contributed by atoms with Crippen LogP contribution in [-0.4, -0.2) is 27.7 Å². The third-order valence-electron chi connectivity index (χ3n) is 2.57. The van der Waals surface area contributed by atoms with Crippen LogP contribution < -0.4 is 5.73 Å². The van der Waals surface area contributed by atoms with Gasteiger partial charge in [-0.2, -0.15) is 0 Å². The summed E-state index contributed by atoms with van der Waals surface area (Å²) in [5.41, 5.74) is 7.70. The lowest BCUT2D eigenvalue weighted by Crippen LogP contribution is -2.13. The van der Waals surface area contributed by atoms with Crippen molar-refractivity contribution in [2.24, 2.45) is 5.73 Å². The van der Waals surface area contributed by atoms with E-state index in [0.29, 0.717) is 17.2 Å². The molecule has 0 fully saturated rings. The van der Waals surface area contributed by atoms with E-state index in [1.54, 1.807) is 5.38 Å². The van der Waals surface area contributed by atoms with Gasteiger partial charge in [-0.05, 0) is 11.6 Å². The number of carboxylic acid groups (broad SMARTS) is 1. The molecule has 21 heavy (non-hydrogen) atoms. The lowest BCUT2D eigenvalue weighted by Gasteiger charge is -2.02. The average Bonchev–Trinajstić information content (AvgIpc) is 2.86. The minimum atomic E-state index is -0.886. The first-order chi connectivity index (χ1) is 10.0. The number of carbonyl (C=O) groups is 2. The lowest BCUT2D eigenvalue weighted by molar-refractivity contribution is -0.136. The fraction of sp³-hybridized carbons (Fsp3) is 0.214. The molecule has 1 aromatic carbocycles. The Kier molecular flexibility index (Phi) is 5.35. The first-order valence-corrected chi connectivity index (χ1v) is 8.19. The Morgan fingerprint density at radius 3 is 2.90 bits per heavy atom. The molecule has 0 saturated heterocycles. The van der Waals surface area contributed by atoms with E-state index >= 15 is 0 Å². The second-order valence-electron chi connectivity index (χ2n) is 4.37. The zero-order chi connectivity index (χ0) is 15.2. The summed E-state index contributed by atoms with van der Waals surface area (Å²) in [4.78, 5) is 25.7. The summed E-state index contributed by atoms with van der Waals surface area (Å²) in [6.07, 6.45) is -0.0648. The van der Waals surface area contributed by atoms with Gasteiger partial charge >= 0.3 is 5.97 Å². The van der Waals surface area contributed by atoms with Gasteiger partial charge in [0.2, 0.25) is 5.91 Å². The number of nitrogens with two attached hydrogens (primary N) is 1. The van der Waals surface area contributed by atoms with Gasteiger partial charge in [-0.1, -0.05) is 18.2 Å². The van der Waals surface area contributed by atoms with Gasteiger partial charge in [0.15, 0.2) is 0 Å². The molecule has 0 aliphatic heterocycles. The van der Waals surface area contributed by atoms with Crippen LogP contribution in [0.1, 0.15) is 11.3 Å². The van der Waals surface area contributed by atoms with E-state index in [4.69, 9.17) is 10.8 Å². The van der Waals surface area contributed by atoms with Gasteiger partial charge in [0.05, 0.1) is 17.9 Å². The van der Waals surface area contributed by atoms with E-state index in [0.717, 1.165) is 16.1 Å². The van der Waals surface area contributed by atoms with Crippen LogP contribution in [0.4, 0.5) is 0 Å². The van der Waals surface area contributed by atoms with Gasteiger partial charge < -0.3 is 10.8 Å². The Bertz CT molecular complexity index is 655. The van der Waals surface area contributed by atoms with Gasteiger partial charge in [0.25, 0.3) is 0 Å². The van der Waals surface area contributed by atoms with Gasteiger partial charge in [-0.25, -0.2) is 4.98 Å². The van der Waals surface area contributed by atoms with E-state index in [-0.39, 0.29) is 12.3 Å². The largest absolute Gasteiger partial charge is 0.481 e. The maximum absolute atomic E-state index is 10.7. The number of hydrogen-bond donors (Lipinski definition) is 2. The number of hydrogen-bond acceptors (Lipinski definition) is 5. The topological polar surface area (TPSA) is 93.3 Å². The lowest BCUT2D eigenvalue weighted by atomic mass is 10.1. The molecule has 1 amide bonds. The summed E-state index contributed by atoms with van der Waals surface area (Å²) in [6.45, 7) is 0. The number of carboxylic acids is 1. The van der Waals surface area contributed by atoms with Crippen molar-refractivity contribution in [3.8, 4) is 10.6 Å². The molecular weight excluding hydrogens is 308 g/mol. The number of thioether (sulfide) groups is 1. The van der Waals surface area contributed by atoms with Gasteiger partial charge in [-0.15, -0.1) is 23.1 Å². The van der Waals surface area contributed by atoms with Crippen LogP contribution in [0.3, 0.4) is 0 Å². The van der Waals surface area contributed by atoms with Crippen LogP contribution >= 0.6 is 23.1 Å². The minimum Gasteiger partial charge on any atom is -0.481 e. The zero-order valence-electron chi connectivity index (χ0n) is 11.1. The Labute approximate surface area is 130 Å². The first kappa shape index (κ1) is 15.5. The zero-order valence-corrected chi connectivity index (χ0v) is 12.7. The number of aliphatic carboxylic acids is 1. The summed E-state index contributed by atoms with van der Waals surface area (Å²) in [5.74, 6) is -0.216. The predicted octanol–water partition coefficient (Wildman–Crippen LogP) is 2.16. The highest BCUT2D eigenvalue weighted by Crippen LogP contribution is 2.26. The first-order valence-electron chi connectivity index (χ1n) is 6.16. The average molecular weight is 322 g/mol. The van der Waals surface area contributed by atoms with E-state index < -0.39 is 5.97 Å². The van der Waals surface area contributed by atoms with Crippen molar-refractivity contribution in [1.29, 1.82) is 0 Å². The van der Waals surface area contributed by atoms with Gasteiger partial charge in [-0.3, -0.25) is 9.59 Å². The van der Waals surface area contributed by atoms with E-state index in [2.05, 4.69) is 4.98 Å². The highest BCUT2D eigenvalue weighted by molar-refractivity contribution is 7.99. The Morgan fingerprint density at radius 2 is 2.19 bits per heavy atom. The standard InChI is InChI=1S/C14H14N2O3S2/c15-12(17)8-20-6-9-2-1-3-10(4-9)14-16-11(7-21-14)5-13(18)19/h1-4,7H,5-6,8H2,(H2,15,17)(H,18,19). The molecule has 0 atom stereocenters. The number of primary amides is 1. The normalized spacial score (nSPS) is 10.5. The molecule has 0 radical (unpaired) electrons. The Balaban J connectivity index is 2.07. The minimum absolute atomic E-state index is 0.0648. The predicted molar refractivity (Wildman–Crippen MR) is 84.2 cm³/mol. The van der Waals surface area contributed by atoms with Crippen LogP contribution in [0, 0.1) is 0 Å². The monoisotopic (exact) mass is 322 g/mol. The molecule has 0 saturated carbocycles. The van der Waals surface area contributed by atoms with Crippen LogP contribution in [-0.2, 0) is 21.8 Å². The fourth-order valence-corrected chi connectivity index (χ4v) is 3.27. The molecule has 2 rings (SSSR count). The van der Waals surface area contributed by atoms with Crippen molar-refractivity contribution < 1.29 is 14.7 Å². The number of thiazole rings is 1. The summed E-state index contributed by atoms with van der Waals surface area (Å²) >= 11 is 2.89. The molecule has 3 N–H and O–H groups in total. The maximum Gasteiger partial charge on any atom is 0.309 e. The Hall–Kier alpha value is -1.86. The summed E-state index contributed by atoms with van der Waals surface area (Å²) in [6, 6.07) is 7.83. The van der Waals surface area contributed by atoms with Crippen LogP contribution in [0.5, 0.6) is 0 Å². The molecule has 1 heterocycles. The molecule has 0 aliphatic carbocycles. The molecule has 0 aliphatic rings. The van der Waals surface area contributed by atoms with Crippen LogP contribution in [0.15, 0.2) is 29.6 Å². The molecule has 0 unspecified atom stereocenters. The third-order valence-corrected chi connectivity index (χ3v) is 4.54. The fourth-order valence-electron chi connectivity index (χ4n) is 1.74. The number of amides is 1. The molecule has 1 aromatic heterocycles. The number of nitrogens with zero attached hydrogens (tertiary/aromatic N) is 1. The molecule has 5 nitrogen and oxygen atoms in total. The smallest absolute Gasteiger partial charge is 0.309 e. The molecular formula is C14H14N2O3S2.